The second-order valence-corrected chi connectivity index (χ2v) is 7.05. The van der Waals surface area contributed by atoms with Gasteiger partial charge < -0.3 is 5.11 Å². The van der Waals surface area contributed by atoms with Gasteiger partial charge in [-0.05, 0) is 31.1 Å². The summed E-state index contributed by atoms with van der Waals surface area (Å²) in [6.45, 7) is 4.55. The normalized spacial score (nSPS) is 24.8. The largest absolute Gasteiger partial charge is 0.393 e. The first kappa shape index (κ1) is 18.0. The van der Waals surface area contributed by atoms with Crippen LogP contribution in [0.15, 0.2) is 0 Å². The summed E-state index contributed by atoms with van der Waals surface area (Å²) in [5.74, 6) is 1.58. The Kier molecular flexibility index (Phi) is 10.4. The Balaban J connectivity index is 2.02. The van der Waals surface area contributed by atoms with Gasteiger partial charge in [0.05, 0.1) is 6.10 Å². The van der Waals surface area contributed by atoms with Crippen LogP contribution in [0.2, 0.25) is 0 Å². The van der Waals surface area contributed by atoms with Crippen molar-refractivity contribution < 1.29 is 5.11 Å². The van der Waals surface area contributed by atoms with E-state index in [-0.39, 0.29) is 6.10 Å². The SMILES string of the molecule is CCCCCCCCC(O)C1CCC(CCCC)CC1. The molecule has 0 heterocycles. The van der Waals surface area contributed by atoms with Crippen LogP contribution in [0, 0.1) is 11.8 Å². The third-order valence-electron chi connectivity index (χ3n) is 5.25. The van der Waals surface area contributed by atoms with Crippen molar-refractivity contribution in [1.82, 2.24) is 0 Å². The summed E-state index contributed by atoms with van der Waals surface area (Å²) in [5, 5.41) is 10.3. The summed E-state index contributed by atoms with van der Waals surface area (Å²) in [6.07, 6.45) is 18.5. The molecule has 0 aromatic rings. The van der Waals surface area contributed by atoms with Gasteiger partial charge in [-0.2, -0.15) is 0 Å². The molecular weight excluding hydrogens is 244 g/mol. The molecule has 0 aromatic heterocycles. The summed E-state index contributed by atoms with van der Waals surface area (Å²) in [5.41, 5.74) is 0. The molecule has 0 bridgehead atoms. The number of unbranched alkanes of at least 4 members (excludes halogenated alkanes) is 6. The van der Waals surface area contributed by atoms with Gasteiger partial charge in [-0.1, -0.05) is 84.5 Å². The Morgan fingerprint density at radius 1 is 0.800 bits per heavy atom. The summed E-state index contributed by atoms with van der Waals surface area (Å²) < 4.78 is 0. The molecule has 0 spiro atoms. The summed E-state index contributed by atoms with van der Waals surface area (Å²) in [4.78, 5) is 0. The number of hydrogen-bond donors (Lipinski definition) is 1. The standard InChI is InChI=1S/C19H38O/c1-3-5-7-8-9-10-12-19(20)18-15-13-17(14-16-18)11-6-4-2/h17-20H,3-16H2,1-2H3. The molecule has 0 saturated heterocycles. The monoisotopic (exact) mass is 282 g/mol. The van der Waals surface area contributed by atoms with Crippen LogP contribution in [-0.4, -0.2) is 11.2 Å². The van der Waals surface area contributed by atoms with Crippen molar-refractivity contribution in [3.63, 3.8) is 0 Å². The number of aliphatic hydroxyl groups excluding tert-OH is 1. The first-order valence-corrected chi connectivity index (χ1v) is 9.46. The Morgan fingerprint density at radius 3 is 2.05 bits per heavy atom. The molecule has 1 heteroatoms. The zero-order valence-corrected chi connectivity index (χ0v) is 14.1. The van der Waals surface area contributed by atoms with Crippen LogP contribution in [0.1, 0.15) is 104 Å². The van der Waals surface area contributed by atoms with E-state index in [2.05, 4.69) is 13.8 Å². The summed E-state index contributed by atoms with van der Waals surface area (Å²) in [6, 6.07) is 0. The Labute approximate surface area is 127 Å². The molecule has 120 valence electrons. The van der Waals surface area contributed by atoms with Crippen LogP contribution < -0.4 is 0 Å². The van der Waals surface area contributed by atoms with Gasteiger partial charge >= 0.3 is 0 Å². The second-order valence-electron chi connectivity index (χ2n) is 7.05. The third kappa shape index (κ3) is 7.67. The molecule has 0 radical (unpaired) electrons. The highest BCUT2D eigenvalue weighted by atomic mass is 16.3. The van der Waals surface area contributed by atoms with Gasteiger partial charge in [-0.3, -0.25) is 0 Å². The van der Waals surface area contributed by atoms with Crippen LogP contribution in [0.5, 0.6) is 0 Å². The number of aliphatic hydroxyl groups is 1. The van der Waals surface area contributed by atoms with Crippen molar-refractivity contribution in [2.75, 3.05) is 0 Å². The minimum atomic E-state index is -0.00620. The van der Waals surface area contributed by atoms with Crippen molar-refractivity contribution in [2.45, 2.75) is 110 Å². The molecule has 1 unspecified atom stereocenters. The van der Waals surface area contributed by atoms with E-state index in [1.54, 1.807) is 0 Å². The van der Waals surface area contributed by atoms with Gasteiger partial charge in [0.2, 0.25) is 0 Å². The zero-order chi connectivity index (χ0) is 14.6. The molecule has 0 aliphatic heterocycles. The zero-order valence-electron chi connectivity index (χ0n) is 14.1. The van der Waals surface area contributed by atoms with E-state index in [0.29, 0.717) is 5.92 Å². The number of rotatable bonds is 11. The van der Waals surface area contributed by atoms with E-state index in [0.717, 1.165) is 12.3 Å². The van der Waals surface area contributed by atoms with E-state index < -0.39 is 0 Å². The van der Waals surface area contributed by atoms with Gasteiger partial charge in [0.25, 0.3) is 0 Å². The minimum absolute atomic E-state index is 0.00620. The van der Waals surface area contributed by atoms with Crippen molar-refractivity contribution in [3.8, 4) is 0 Å². The molecule has 20 heavy (non-hydrogen) atoms. The lowest BCUT2D eigenvalue weighted by atomic mass is 9.77. The lowest BCUT2D eigenvalue weighted by Crippen LogP contribution is -2.25. The third-order valence-corrected chi connectivity index (χ3v) is 5.25. The smallest absolute Gasteiger partial charge is 0.0568 e. The molecule has 0 amide bonds. The van der Waals surface area contributed by atoms with Crippen molar-refractivity contribution in [1.29, 1.82) is 0 Å². The van der Waals surface area contributed by atoms with Gasteiger partial charge in [0.1, 0.15) is 0 Å². The van der Waals surface area contributed by atoms with E-state index in [4.69, 9.17) is 0 Å². The molecule has 1 aliphatic rings. The van der Waals surface area contributed by atoms with Crippen molar-refractivity contribution >= 4 is 0 Å². The van der Waals surface area contributed by atoms with Gasteiger partial charge in [0, 0.05) is 0 Å². The highest BCUT2D eigenvalue weighted by Gasteiger charge is 2.25. The molecular formula is C19H38O. The fourth-order valence-electron chi connectivity index (χ4n) is 3.72. The van der Waals surface area contributed by atoms with Crippen LogP contribution in [0.3, 0.4) is 0 Å². The van der Waals surface area contributed by atoms with Gasteiger partial charge in [-0.25, -0.2) is 0 Å². The van der Waals surface area contributed by atoms with Gasteiger partial charge in [-0.15, -0.1) is 0 Å². The fourth-order valence-corrected chi connectivity index (χ4v) is 3.72. The highest BCUT2D eigenvalue weighted by Crippen LogP contribution is 2.34. The van der Waals surface area contributed by atoms with E-state index in [1.165, 1.54) is 83.5 Å². The molecule has 1 saturated carbocycles. The Bertz CT molecular complexity index is 206. The maximum atomic E-state index is 10.3. The predicted octanol–water partition coefficient (Wildman–Crippen LogP) is 6.09. The van der Waals surface area contributed by atoms with Crippen LogP contribution in [0.25, 0.3) is 0 Å². The molecule has 1 fully saturated rings. The van der Waals surface area contributed by atoms with Crippen molar-refractivity contribution in [3.05, 3.63) is 0 Å². The maximum absolute atomic E-state index is 10.3. The Hall–Kier alpha value is -0.0400. The molecule has 0 aromatic carbocycles. The minimum Gasteiger partial charge on any atom is -0.393 e. The molecule has 1 N–H and O–H groups in total. The molecule has 1 aliphatic carbocycles. The van der Waals surface area contributed by atoms with E-state index >= 15 is 0 Å². The summed E-state index contributed by atoms with van der Waals surface area (Å²) >= 11 is 0. The average molecular weight is 283 g/mol. The maximum Gasteiger partial charge on any atom is 0.0568 e. The second kappa shape index (κ2) is 11.6. The molecule has 1 nitrogen and oxygen atoms in total. The van der Waals surface area contributed by atoms with Crippen LogP contribution in [-0.2, 0) is 0 Å². The van der Waals surface area contributed by atoms with E-state index in [1.807, 2.05) is 0 Å². The first-order chi connectivity index (χ1) is 9.77. The molecule has 1 rings (SSSR count). The van der Waals surface area contributed by atoms with Crippen molar-refractivity contribution in [2.24, 2.45) is 11.8 Å². The quantitative estimate of drug-likeness (QED) is 0.454. The lowest BCUT2D eigenvalue weighted by molar-refractivity contribution is 0.0634. The van der Waals surface area contributed by atoms with E-state index in [9.17, 15) is 5.11 Å². The predicted molar refractivity (Wildman–Crippen MR) is 89.0 cm³/mol. The number of hydrogen-bond acceptors (Lipinski definition) is 1. The topological polar surface area (TPSA) is 20.2 Å². The average Bonchev–Trinajstić information content (AvgIpc) is 2.49. The highest BCUT2D eigenvalue weighted by molar-refractivity contribution is 4.77. The van der Waals surface area contributed by atoms with Crippen LogP contribution >= 0.6 is 0 Å². The van der Waals surface area contributed by atoms with Crippen LogP contribution in [0.4, 0.5) is 0 Å². The van der Waals surface area contributed by atoms with Gasteiger partial charge in [0.15, 0.2) is 0 Å². The Morgan fingerprint density at radius 2 is 1.40 bits per heavy atom. The fraction of sp³-hybridized carbons (Fsp3) is 1.00. The summed E-state index contributed by atoms with van der Waals surface area (Å²) in [7, 11) is 0. The first-order valence-electron chi connectivity index (χ1n) is 9.46. The molecule has 1 atom stereocenters. The lowest BCUT2D eigenvalue weighted by Gasteiger charge is -2.31.